The van der Waals surface area contributed by atoms with Crippen LogP contribution >= 0.6 is 0 Å². The summed E-state index contributed by atoms with van der Waals surface area (Å²) in [6, 6.07) is 5.45. The summed E-state index contributed by atoms with van der Waals surface area (Å²) in [4.78, 5) is 0. The van der Waals surface area contributed by atoms with Crippen molar-refractivity contribution in [3.8, 4) is 6.07 Å². The van der Waals surface area contributed by atoms with Gasteiger partial charge in [0.15, 0.2) is 0 Å². The van der Waals surface area contributed by atoms with Crippen molar-refractivity contribution in [3.63, 3.8) is 0 Å². The first-order valence-corrected chi connectivity index (χ1v) is 8.09. The number of alkyl halides is 4. The molecule has 0 radical (unpaired) electrons. The van der Waals surface area contributed by atoms with Crippen LogP contribution in [0.4, 0.5) is 17.6 Å². The van der Waals surface area contributed by atoms with Crippen molar-refractivity contribution in [1.82, 2.24) is 0 Å². The molecular weight excluding hydrogens is 306 g/mol. The fourth-order valence-corrected chi connectivity index (χ4v) is 3.41. The molecule has 1 nitrogen and oxygen atoms in total. The van der Waals surface area contributed by atoms with E-state index in [1.807, 2.05) is 0 Å². The van der Waals surface area contributed by atoms with E-state index in [0.29, 0.717) is 12.0 Å². The molecule has 0 aliphatic heterocycles. The molecule has 1 saturated carbocycles. The van der Waals surface area contributed by atoms with Gasteiger partial charge in [-0.3, -0.25) is 0 Å². The minimum atomic E-state index is -4.70. The van der Waals surface area contributed by atoms with Gasteiger partial charge in [-0.05, 0) is 43.1 Å². The Morgan fingerprint density at radius 1 is 1.04 bits per heavy atom. The molecule has 1 fully saturated rings. The lowest BCUT2D eigenvalue weighted by atomic mass is 9.77. The lowest BCUT2D eigenvalue weighted by molar-refractivity contribution is -0.181. The van der Waals surface area contributed by atoms with Gasteiger partial charge in [0.25, 0.3) is 0 Å². The largest absolute Gasteiger partial charge is 0.398 e. The summed E-state index contributed by atoms with van der Waals surface area (Å²) < 4.78 is 53.5. The van der Waals surface area contributed by atoms with E-state index in [1.165, 1.54) is 25.0 Å². The van der Waals surface area contributed by atoms with Crippen LogP contribution < -0.4 is 0 Å². The Morgan fingerprint density at radius 2 is 1.61 bits per heavy atom. The molecule has 0 atom stereocenters. The van der Waals surface area contributed by atoms with Gasteiger partial charge in [-0.1, -0.05) is 44.0 Å². The fourth-order valence-electron chi connectivity index (χ4n) is 3.41. The van der Waals surface area contributed by atoms with Gasteiger partial charge in [0.1, 0.15) is 6.07 Å². The van der Waals surface area contributed by atoms with E-state index >= 15 is 0 Å². The van der Waals surface area contributed by atoms with Crippen molar-refractivity contribution >= 4 is 0 Å². The van der Waals surface area contributed by atoms with Crippen molar-refractivity contribution in [2.45, 2.75) is 63.2 Å². The molecule has 126 valence electrons. The minimum absolute atomic E-state index is 0.308. The second-order valence-corrected chi connectivity index (χ2v) is 6.39. The summed E-state index contributed by atoms with van der Waals surface area (Å²) in [5.74, 6) is -8.12. The SMILES string of the molecule is CCC[C@H]1CC[C@H](c2ccc(C(F)(F)C(F)(F)C#N)cc2)CC1. The zero-order valence-corrected chi connectivity index (χ0v) is 13.2. The van der Waals surface area contributed by atoms with E-state index < -0.39 is 17.4 Å². The molecule has 1 aromatic carbocycles. The number of nitrogens with zero attached hydrogens (tertiary/aromatic N) is 1. The molecule has 1 aromatic rings. The van der Waals surface area contributed by atoms with Crippen molar-refractivity contribution in [2.75, 3.05) is 0 Å². The maximum Gasteiger partial charge on any atom is 0.398 e. The zero-order chi connectivity index (χ0) is 17.1. The highest BCUT2D eigenvalue weighted by Gasteiger charge is 2.58. The van der Waals surface area contributed by atoms with E-state index in [2.05, 4.69) is 6.92 Å². The molecular formula is C18H21F4N. The van der Waals surface area contributed by atoms with E-state index in [1.54, 1.807) is 0 Å². The van der Waals surface area contributed by atoms with Crippen LogP contribution in [0.1, 0.15) is 62.5 Å². The quantitative estimate of drug-likeness (QED) is 0.607. The number of benzene rings is 1. The van der Waals surface area contributed by atoms with Crippen LogP contribution in [-0.2, 0) is 5.92 Å². The number of nitriles is 1. The molecule has 0 saturated heterocycles. The van der Waals surface area contributed by atoms with Gasteiger partial charge in [0.2, 0.25) is 0 Å². The molecule has 1 aliphatic carbocycles. The van der Waals surface area contributed by atoms with E-state index in [0.717, 1.165) is 49.3 Å². The van der Waals surface area contributed by atoms with Gasteiger partial charge in [-0.2, -0.15) is 22.8 Å². The van der Waals surface area contributed by atoms with Crippen molar-refractivity contribution < 1.29 is 17.6 Å². The Bertz CT molecular complexity index is 551. The van der Waals surface area contributed by atoms with Crippen LogP contribution in [0.2, 0.25) is 0 Å². The van der Waals surface area contributed by atoms with Crippen molar-refractivity contribution in [2.24, 2.45) is 5.92 Å². The predicted octanol–water partition coefficient (Wildman–Crippen LogP) is 6.01. The van der Waals surface area contributed by atoms with E-state index in [-0.39, 0.29) is 0 Å². The summed E-state index contributed by atoms with van der Waals surface area (Å²) >= 11 is 0. The maximum absolute atomic E-state index is 13.7. The summed E-state index contributed by atoms with van der Waals surface area (Å²) in [6.07, 6.45) is 6.67. The lowest BCUT2D eigenvalue weighted by Crippen LogP contribution is -2.36. The highest BCUT2D eigenvalue weighted by molar-refractivity contribution is 5.31. The Kier molecular flexibility index (Phi) is 5.33. The normalized spacial score (nSPS) is 22.6. The molecule has 0 spiro atoms. The maximum atomic E-state index is 13.7. The monoisotopic (exact) mass is 327 g/mol. The number of halogens is 4. The third kappa shape index (κ3) is 3.68. The summed E-state index contributed by atoms with van der Waals surface area (Å²) in [5, 5.41) is 8.24. The molecule has 0 aromatic heterocycles. The molecule has 1 aliphatic rings. The van der Waals surface area contributed by atoms with Gasteiger partial charge in [0, 0.05) is 5.56 Å². The molecule has 0 heterocycles. The molecule has 0 amide bonds. The number of hydrogen-bond donors (Lipinski definition) is 0. The van der Waals surface area contributed by atoms with Gasteiger partial charge >= 0.3 is 11.8 Å². The molecule has 0 unspecified atom stereocenters. The van der Waals surface area contributed by atoms with Gasteiger partial charge in [-0.15, -0.1) is 0 Å². The minimum Gasteiger partial charge on any atom is -0.193 e. The standard InChI is InChI=1S/C18H21F4N/c1-2-3-13-4-6-14(7-5-13)15-8-10-16(11-9-15)18(21,22)17(19,20)12-23/h8-11,13-14H,2-7H2,1H3/t13-,14-. The van der Waals surface area contributed by atoms with Crippen LogP contribution in [-0.4, -0.2) is 5.92 Å². The molecule has 5 heteroatoms. The van der Waals surface area contributed by atoms with Crippen LogP contribution in [0, 0.1) is 17.2 Å². The lowest BCUT2D eigenvalue weighted by Gasteiger charge is -2.29. The summed E-state index contributed by atoms with van der Waals surface area (Å²) in [6.45, 7) is 2.17. The van der Waals surface area contributed by atoms with Gasteiger partial charge in [0.05, 0.1) is 0 Å². The summed E-state index contributed by atoms with van der Waals surface area (Å²) in [5.41, 5.74) is 0.104. The van der Waals surface area contributed by atoms with Crippen LogP contribution in [0.25, 0.3) is 0 Å². The van der Waals surface area contributed by atoms with Gasteiger partial charge in [-0.25, -0.2) is 0 Å². The smallest absolute Gasteiger partial charge is 0.193 e. The first kappa shape index (κ1) is 17.8. The molecule has 0 bridgehead atoms. The average molecular weight is 327 g/mol. The first-order valence-electron chi connectivity index (χ1n) is 8.09. The molecule has 2 rings (SSSR count). The van der Waals surface area contributed by atoms with Crippen molar-refractivity contribution in [3.05, 3.63) is 35.4 Å². The van der Waals surface area contributed by atoms with Crippen molar-refractivity contribution in [1.29, 1.82) is 5.26 Å². The average Bonchev–Trinajstić information content (AvgIpc) is 2.56. The fraction of sp³-hybridized carbons (Fsp3) is 0.611. The highest BCUT2D eigenvalue weighted by atomic mass is 19.3. The summed E-state index contributed by atoms with van der Waals surface area (Å²) in [7, 11) is 0. The predicted molar refractivity (Wildman–Crippen MR) is 80.5 cm³/mol. The molecule has 0 N–H and O–H groups in total. The Balaban J connectivity index is 2.08. The topological polar surface area (TPSA) is 23.8 Å². The Morgan fingerprint density at radius 3 is 2.09 bits per heavy atom. The van der Waals surface area contributed by atoms with Crippen LogP contribution in [0.15, 0.2) is 24.3 Å². The van der Waals surface area contributed by atoms with E-state index in [4.69, 9.17) is 5.26 Å². The Hall–Kier alpha value is -1.57. The van der Waals surface area contributed by atoms with Crippen LogP contribution in [0.3, 0.4) is 0 Å². The van der Waals surface area contributed by atoms with Crippen LogP contribution in [0.5, 0.6) is 0 Å². The van der Waals surface area contributed by atoms with E-state index in [9.17, 15) is 17.6 Å². The second-order valence-electron chi connectivity index (χ2n) is 6.39. The Labute approximate surface area is 134 Å². The number of rotatable bonds is 5. The zero-order valence-electron chi connectivity index (χ0n) is 13.2. The third-order valence-electron chi connectivity index (χ3n) is 4.82. The third-order valence-corrected chi connectivity index (χ3v) is 4.82. The second kappa shape index (κ2) is 6.90. The first-order chi connectivity index (χ1) is 10.8. The van der Waals surface area contributed by atoms with Gasteiger partial charge < -0.3 is 0 Å². The highest BCUT2D eigenvalue weighted by Crippen LogP contribution is 2.43. The number of hydrogen-bond acceptors (Lipinski definition) is 1. The molecule has 23 heavy (non-hydrogen) atoms.